The minimum absolute atomic E-state index is 0.0179. The van der Waals surface area contributed by atoms with Gasteiger partial charge in [-0.1, -0.05) is 43.3 Å². The van der Waals surface area contributed by atoms with Gasteiger partial charge in [0.15, 0.2) is 0 Å². The molecule has 0 spiro atoms. The topological polar surface area (TPSA) is 91.1 Å². The predicted molar refractivity (Wildman–Crippen MR) is 108 cm³/mol. The van der Waals surface area contributed by atoms with E-state index in [1.54, 1.807) is 19.1 Å². The number of anilines is 1. The molecule has 3 N–H and O–H groups in total. The van der Waals surface area contributed by atoms with Crippen molar-refractivity contribution in [3.8, 4) is 0 Å². The molecule has 0 unspecified atom stereocenters. The van der Waals surface area contributed by atoms with Gasteiger partial charge in [-0.2, -0.15) is 0 Å². The number of amides is 1. The third-order valence-electron chi connectivity index (χ3n) is 4.25. The minimum atomic E-state index is -3.55. The molecular weight excluding hydrogens is 362 g/mol. The molecule has 0 aliphatic heterocycles. The van der Waals surface area contributed by atoms with Crippen molar-refractivity contribution in [2.75, 3.05) is 11.1 Å². The van der Waals surface area contributed by atoms with E-state index >= 15 is 0 Å². The number of rotatable bonds is 8. The second-order valence-electron chi connectivity index (χ2n) is 6.41. The summed E-state index contributed by atoms with van der Waals surface area (Å²) < 4.78 is 27.1. The molecule has 7 heteroatoms. The van der Waals surface area contributed by atoms with Gasteiger partial charge in [-0.05, 0) is 36.6 Å². The van der Waals surface area contributed by atoms with Crippen LogP contribution in [0.15, 0.2) is 60.8 Å². The van der Waals surface area contributed by atoms with E-state index < -0.39 is 16.1 Å². The van der Waals surface area contributed by atoms with Gasteiger partial charge in [-0.3, -0.25) is 4.79 Å². The number of benzene rings is 2. The number of hydrogen-bond acceptors (Lipinski definition) is 3. The number of H-pyrrole nitrogens is 1. The summed E-state index contributed by atoms with van der Waals surface area (Å²) in [5, 5.41) is 3.77. The molecule has 0 saturated heterocycles. The Morgan fingerprint density at radius 1 is 1.07 bits per heavy atom. The van der Waals surface area contributed by atoms with Crippen molar-refractivity contribution >= 4 is 32.5 Å². The highest BCUT2D eigenvalue weighted by Crippen LogP contribution is 2.20. The van der Waals surface area contributed by atoms with Crippen molar-refractivity contribution in [2.45, 2.75) is 25.8 Å². The van der Waals surface area contributed by atoms with Gasteiger partial charge < -0.3 is 10.3 Å². The van der Waals surface area contributed by atoms with Crippen molar-refractivity contribution in [3.05, 3.63) is 66.4 Å². The fraction of sp³-hybridized carbons (Fsp3) is 0.250. The smallest absolute Gasteiger partial charge is 0.242 e. The van der Waals surface area contributed by atoms with Crippen LogP contribution < -0.4 is 10.0 Å². The molecule has 0 saturated carbocycles. The Hall–Kier alpha value is -2.64. The second-order valence-corrected chi connectivity index (χ2v) is 8.28. The quantitative estimate of drug-likeness (QED) is 0.557. The lowest BCUT2D eigenvalue weighted by molar-refractivity contribution is -0.117. The number of hydrogen-bond donors (Lipinski definition) is 3. The highest BCUT2D eigenvalue weighted by atomic mass is 32.2. The van der Waals surface area contributed by atoms with Gasteiger partial charge in [0, 0.05) is 22.8 Å². The summed E-state index contributed by atoms with van der Waals surface area (Å²) in [6, 6.07) is 15.8. The Balaban J connectivity index is 1.86. The van der Waals surface area contributed by atoms with E-state index in [0.717, 1.165) is 16.5 Å². The lowest BCUT2D eigenvalue weighted by Gasteiger charge is -2.18. The van der Waals surface area contributed by atoms with Crippen LogP contribution >= 0.6 is 0 Å². The molecule has 0 radical (unpaired) electrons. The largest absolute Gasteiger partial charge is 0.361 e. The number of sulfonamides is 1. The zero-order chi connectivity index (χ0) is 19.3. The average Bonchev–Trinajstić information content (AvgIpc) is 3.05. The zero-order valence-corrected chi connectivity index (χ0v) is 15.9. The SMILES string of the molecule is CCCS(=O)(=O)N[C@@H](Cc1c[nH]c2ccccc12)C(=O)Nc1ccccc1. The molecule has 0 aliphatic rings. The van der Waals surface area contributed by atoms with E-state index in [-0.39, 0.29) is 18.1 Å². The van der Waals surface area contributed by atoms with E-state index in [4.69, 9.17) is 0 Å². The van der Waals surface area contributed by atoms with Crippen molar-refractivity contribution in [1.29, 1.82) is 0 Å². The van der Waals surface area contributed by atoms with Gasteiger partial charge in [0.2, 0.25) is 15.9 Å². The molecule has 1 atom stereocenters. The number of carbonyl (C=O) groups excluding carboxylic acids is 1. The van der Waals surface area contributed by atoms with Crippen LogP contribution in [0.5, 0.6) is 0 Å². The molecule has 27 heavy (non-hydrogen) atoms. The molecule has 3 aromatic rings. The third-order valence-corrected chi connectivity index (χ3v) is 5.84. The standard InChI is InChI=1S/C20H23N3O3S/c1-2-12-27(25,26)23-19(20(24)22-16-8-4-3-5-9-16)13-15-14-21-18-11-7-6-10-17(15)18/h3-11,14,19,21,23H,2,12-13H2,1H3,(H,22,24)/t19-/m0/s1. The predicted octanol–water partition coefficient (Wildman–Crippen LogP) is 3.05. The highest BCUT2D eigenvalue weighted by molar-refractivity contribution is 7.89. The van der Waals surface area contributed by atoms with Gasteiger partial charge in [0.25, 0.3) is 0 Å². The van der Waals surface area contributed by atoms with Gasteiger partial charge >= 0.3 is 0 Å². The minimum Gasteiger partial charge on any atom is -0.361 e. The molecule has 6 nitrogen and oxygen atoms in total. The number of fused-ring (bicyclic) bond motifs is 1. The molecule has 1 amide bonds. The summed E-state index contributed by atoms with van der Waals surface area (Å²) in [6.45, 7) is 1.79. The Kier molecular flexibility index (Phi) is 5.93. The number of nitrogens with one attached hydrogen (secondary N) is 3. The highest BCUT2D eigenvalue weighted by Gasteiger charge is 2.25. The first-order valence-electron chi connectivity index (χ1n) is 8.89. The van der Waals surface area contributed by atoms with Crippen molar-refractivity contribution in [1.82, 2.24) is 9.71 Å². The summed E-state index contributed by atoms with van der Waals surface area (Å²) in [4.78, 5) is 16.0. The maximum atomic E-state index is 12.8. The molecule has 0 bridgehead atoms. The van der Waals surface area contributed by atoms with Gasteiger partial charge in [-0.15, -0.1) is 0 Å². The zero-order valence-electron chi connectivity index (χ0n) is 15.1. The molecule has 1 aromatic heterocycles. The molecule has 2 aromatic carbocycles. The number of aromatic amines is 1. The molecule has 0 fully saturated rings. The van der Waals surface area contributed by atoms with Gasteiger partial charge in [0.05, 0.1) is 5.75 Å². The van der Waals surface area contributed by atoms with Crippen LogP contribution in [0.2, 0.25) is 0 Å². The summed E-state index contributed by atoms with van der Waals surface area (Å²) in [5.74, 6) is -0.401. The van der Waals surface area contributed by atoms with E-state index in [0.29, 0.717) is 12.1 Å². The van der Waals surface area contributed by atoms with Crippen LogP contribution in [0, 0.1) is 0 Å². The molecule has 0 aliphatic carbocycles. The lowest BCUT2D eigenvalue weighted by atomic mass is 10.0. The molecule has 1 heterocycles. The maximum absolute atomic E-state index is 12.8. The second kappa shape index (κ2) is 8.37. The maximum Gasteiger partial charge on any atom is 0.242 e. The first-order valence-corrected chi connectivity index (χ1v) is 10.5. The van der Waals surface area contributed by atoms with E-state index in [2.05, 4.69) is 15.0 Å². The summed E-state index contributed by atoms with van der Waals surface area (Å²) in [6.07, 6.45) is 2.56. The number of para-hydroxylation sites is 2. The summed E-state index contributed by atoms with van der Waals surface area (Å²) in [7, 11) is -3.55. The Bertz CT molecular complexity index is 1010. The first-order chi connectivity index (χ1) is 13.0. The average molecular weight is 385 g/mol. The van der Waals surface area contributed by atoms with Crippen molar-refractivity contribution in [3.63, 3.8) is 0 Å². The van der Waals surface area contributed by atoms with Crippen LogP contribution in [-0.4, -0.2) is 31.1 Å². The Labute approximate surface area is 159 Å². The van der Waals surface area contributed by atoms with Crippen molar-refractivity contribution in [2.24, 2.45) is 0 Å². The summed E-state index contributed by atoms with van der Waals surface area (Å²) in [5.41, 5.74) is 2.46. The van der Waals surface area contributed by atoms with Gasteiger partial charge in [0.1, 0.15) is 6.04 Å². The van der Waals surface area contributed by atoms with E-state index in [1.807, 2.05) is 48.7 Å². The Morgan fingerprint density at radius 2 is 1.78 bits per heavy atom. The number of carbonyl (C=O) groups is 1. The fourth-order valence-corrected chi connectivity index (χ4v) is 4.28. The lowest BCUT2D eigenvalue weighted by Crippen LogP contribution is -2.45. The summed E-state index contributed by atoms with van der Waals surface area (Å²) >= 11 is 0. The molecule has 3 rings (SSSR count). The van der Waals surface area contributed by atoms with Crippen LogP contribution in [0.1, 0.15) is 18.9 Å². The van der Waals surface area contributed by atoms with Crippen LogP contribution in [0.3, 0.4) is 0 Å². The van der Waals surface area contributed by atoms with E-state index in [1.165, 1.54) is 0 Å². The Morgan fingerprint density at radius 3 is 2.52 bits per heavy atom. The molecular formula is C20H23N3O3S. The van der Waals surface area contributed by atoms with Crippen LogP contribution in [0.25, 0.3) is 10.9 Å². The van der Waals surface area contributed by atoms with Crippen LogP contribution in [0.4, 0.5) is 5.69 Å². The third kappa shape index (κ3) is 4.96. The van der Waals surface area contributed by atoms with Crippen molar-refractivity contribution < 1.29 is 13.2 Å². The van der Waals surface area contributed by atoms with Gasteiger partial charge in [-0.25, -0.2) is 13.1 Å². The first kappa shape index (κ1) is 19.1. The van der Waals surface area contributed by atoms with E-state index in [9.17, 15) is 13.2 Å². The fourth-order valence-electron chi connectivity index (χ4n) is 3.00. The van der Waals surface area contributed by atoms with Crippen LogP contribution in [-0.2, 0) is 21.2 Å². The normalized spacial score (nSPS) is 12.8. The molecule has 142 valence electrons. The number of aromatic nitrogens is 1. The monoisotopic (exact) mass is 385 g/mol.